The molecule has 5 heterocycles. The van der Waals surface area contributed by atoms with E-state index < -0.39 is 78.5 Å². The lowest BCUT2D eigenvalue weighted by molar-refractivity contribution is -0.203. The van der Waals surface area contributed by atoms with Crippen molar-refractivity contribution >= 4 is 44.1 Å². The molecule has 2 bridgehead atoms. The van der Waals surface area contributed by atoms with Gasteiger partial charge >= 0.3 is 11.9 Å². The van der Waals surface area contributed by atoms with Gasteiger partial charge in [0.25, 0.3) is 15.0 Å². The molecule has 2 aliphatic carbocycles. The van der Waals surface area contributed by atoms with Crippen LogP contribution in [0.1, 0.15) is 107 Å². The predicted octanol–water partition coefficient (Wildman–Crippen LogP) is 4.69. The number of amides is 2. The second-order valence-electron chi connectivity index (χ2n) is 21.2. The van der Waals surface area contributed by atoms with Gasteiger partial charge in [0.1, 0.15) is 18.8 Å². The van der Waals surface area contributed by atoms with Gasteiger partial charge in [-0.2, -0.15) is 4.20 Å². The first kappa shape index (κ1) is 48.8. The van der Waals surface area contributed by atoms with Crippen molar-refractivity contribution in [1.29, 1.82) is 0 Å². The number of aryl methyl sites for hydroxylation is 1. The van der Waals surface area contributed by atoms with Crippen LogP contribution >= 0.6 is 9.12 Å². The summed E-state index contributed by atoms with van der Waals surface area (Å²) in [7, 11) is 0.413. The summed E-state index contributed by atoms with van der Waals surface area (Å²) < 4.78 is 21.9. The number of carbonyl (C=O) groups is 4. The third-order valence-corrected chi connectivity index (χ3v) is 17.8. The number of fused-ring (bicyclic) bond motifs is 5. The number of benzene rings is 2. The topological polar surface area (TPSA) is 181 Å². The minimum atomic E-state index is -2.32. The van der Waals surface area contributed by atoms with Crippen LogP contribution < -0.4 is 15.5 Å². The van der Waals surface area contributed by atoms with Gasteiger partial charge in [0.2, 0.25) is 5.91 Å². The van der Waals surface area contributed by atoms with E-state index in [1.165, 1.54) is 34.8 Å². The summed E-state index contributed by atoms with van der Waals surface area (Å²) >= 11 is 0. The number of anilines is 1. The van der Waals surface area contributed by atoms with E-state index in [0.29, 0.717) is 32.4 Å². The van der Waals surface area contributed by atoms with Crippen LogP contribution in [0.25, 0.3) is 5.57 Å². The Bertz CT molecular complexity index is 2440. The van der Waals surface area contributed by atoms with Crippen molar-refractivity contribution in [2.75, 3.05) is 57.8 Å². The number of carbonyl (C=O) groups excluding carboxylic acids is 4. The molecule has 2 aromatic rings. The fourth-order valence-electron chi connectivity index (χ4n) is 14.7. The smallest absolute Gasteiger partial charge is 0.328 e. The second kappa shape index (κ2) is 18.2. The van der Waals surface area contributed by atoms with Crippen LogP contribution in [-0.4, -0.2) is 137 Å². The highest BCUT2D eigenvalue weighted by molar-refractivity contribution is 7.26. The van der Waals surface area contributed by atoms with Crippen molar-refractivity contribution in [2.24, 2.45) is 11.3 Å². The van der Waals surface area contributed by atoms with Gasteiger partial charge in [-0.1, -0.05) is 68.8 Å². The highest BCUT2D eigenvalue weighted by atomic mass is 31.1. The van der Waals surface area contributed by atoms with Crippen LogP contribution in [0.5, 0.6) is 0 Å². The van der Waals surface area contributed by atoms with Gasteiger partial charge in [-0.15, -0.1) is 0 Å². The molecule has 368 valence electrons. The SMILES string of the molecule is CCC1(O)CC2CN(CCC3=C(Cc4ccccc43)[C@](C)(c3cc4c(cc3C)N(C)C3C45CCN4CC=C[C@@](CC)(C45)[C@H](O)[C@@]3(O)C(=O)NCCOC(=O)C(C)NC(=O)CCC(=O)OPF)C2)C1. The van der Waals surface area contributed by atoms with E-state index in [1.807, 2.05) is 24.9 Å². The lowest BCUT2D eigenvalue weighted by Crippen LogP contribution is -2.81. The first-order valence-corrected chi connectivity index (χ1v) is 25.4. The average molecular weight is 958 g/mol. The molecule has 68 heavy (non-hydrogen) atoms. The first-order chi connectivity index (χ1) is 32.4. The van der Waals surface area contributed by atoms with Gasteiger partial charge in [-0.3, -0.25) is 24.2 Å². The Labute approximate surface area is 401 Å². The highest BCUT2D eigenvalue weighted by Crippen LogP contribution is 2.67. The fourth-order valence-corrected chi connectivity index (χ4v) is 14.8. The molecule has 3 fully saturated rings. The Morgan fingerprint density at radius 1 is 1.03 bits per heavy atom. The summed E-state index contributed by atoms with van der Waals surface area (Å²) in [5.74, 6) is -2.78. The largest absolute Gasteiger partial charge is 0.462 e. The average Bonchev–Trinajstić information content (AvgIpc) is 3.98. The van der Waals surface area contributed by atoms with E-state index in [-0.39, 0.29) is 38.0 Å². The maximum atomic E-state index is 14.9. The van der Waals surface area contributed by atoms with Crippen LogP contribution in [0, 0.1) is 18.3 Å². The van der Waals surface area contributed by atoms with Crippen LogP contribution in [0.15, 0.2) is 54.1 Å². The van der Waals surface area contributed by atoms with Crippen LogP contribution in [-0.2, 0) is 45.7 Å². The van der Waals surface area contributed by atoms with Crippen molar-refractivity contribution in [3.63, 3.8) is 0 Å². The minimum absolute atomic E-state index is 0.176. The summed E-state index contributed by atoms with van der Waals surface area (Å²) in [4.78, 5) is 58.6. The quantitative estimate of drug-likeness (QED) is 0.0811. The summed E-state index contributed by atoms with van der Waals surface area (Å²) in [6.45, 7) is 13.6. The number of aliphatic hydroxyl groups is 3. The Morgan fingerprint density at radius 2 is 1.81 bits per heavy atom. The number of allylic oxidation sites excluding steroid dienone is 1. The zero-order chi connectivity index (χ0) is 48.6. The highest BCUT2D eigenvalue weighted by Gasteiger charge is 2.78. The number of aliphatic hydroxyl groups excluding tert-OH is 1. The van der Waals surface area contributed by atoms with E-state index >= 15 is 0 Å². The third kappa shape index (κ3) is 7.64. The van der Waals surface area contributed by atoms with Gasteiger partial charge in [0.15, 0.2) is 5.60 Å². The molecule has 5 aliphatic heterocycles. The maximum Gasteiger partial charge on any atom is 0.328 e. The molecule has 14 nitrogen and oxygen atoms in total. The van der Waals surface area contributed by atoms with Crippen LogP contribution in [0.3, 0.4) is 0 Å². The second-order valence-corrected chi connectivity index (χ2v) is 21.6. The Balaban J connectivity index is 1.06. The number of nitrogens with one attached hydrogen (secondary N) is 2. The van der Waals surface area contributed by atoms with E-state index in [2.05, 4.69) is 88.2 Å². The third-order valence-electron chi connectivity index (χ3n) is 17.5. The standard InChI is InChI=1S/C52H69FN5O9P/c1-7-49(64)28-33-27-48(5,38-25-34-12-9-10-13-35(34)36(38)16-21-57(29-33)30-49)37-26-39-40(24-31(37)3)56(6)45-51(39)18-22-58-20-11-17-50(8-2,44(51)58)46(62)52(45,65)47(63)54-19-23-66-43(61)32(4)55-41(59)14-15-42(60)67-68-53/h9-13,17,24,26,32-33,44-46,62,64-65,68H,7-8,14-16,18-23,25,27-30H2,1-6H3,(H,54,63)(H,55,59)/t32?,33?,44?,45?,46-,48-,49?,50-,51?,52+/m0/s1. The van der Waals surface area contributed by atoms with E-state index in [4.69, 9.17) is 4.74 Å². The predicted molar refractivity (Wildman–Crippen MR) is 258 cm³/mol. The normalized spacial score (nSPS) is 35.0. The lowest BCUT2D eigenvalue weighted by atomic mass is 9.47. The molecule has 16 heteroatoms. The van der Waals surface area contributed by atoms with Gasteiger partial charge in [0, 0.05) is 67.6 Å². The minimum Gasteiger partial charge on any atom is -0.462 e. The van der Waals surface area contributed by atoms with E-state index in [9.17, 15) is 38.7 Å². The van der Waals surface area contributed by atoms with Crippen molar-refractivity contribution in [3.05, 3.63) is 81.9 Å². The number of rotatable bonds is 13. The molecule has 8 unspecified atom stereocenters. The Hall–Kier alpha value is -4.24. The van der Waals surface area contributed by atoms with Crippen molar-refractivity contribution in [3.8, 4) is 0 Å². The van der Waals surface area contributed by atoms with Gasteiger partial charge in [-0.25, -0.2) is 4.79 Å². The van der Waals surface area contributed by atoms with E-state index in [1.54, 1.807) is 0 Å². The van der Waals surface area contributed by atoms with Gasteiger partial charge in [-0.05, 0) is 111 Å². The lowest BCUT2D eigenvalue weighted by Gasteiger charge is -2.63. The number of nitrogens with zero attached hydrogens (tertiary/aromatic N) is 3. The molecule has 5 N–H and O–H groups in total. The van der Waals surface area contributed by atoms with Crippen molar-refractivity contribution in [2.45, 2.75) is 139 Å². The number of piperidine rings is 1. The zero-order valence-electron chi connectivity index (χ0n) is 40.3. The number of hydrogen-bond acceptors (Lipinski definition) is 12. The number of esters is 1. The van der Waals surface area contributed by atoms with Gasteiger partial charge < -0.3 is 40.1 Å². The number of likely N-dealkylation sites (N-methyl/N-ethyl adjacent to an activating group) is 1. The number of halogens is 1. The molecular weight excluding hydrogens is 889 g/mol. The fraction of sp³-hybridized carbons (Fsp3) is 0.615. The van der Waals surface area contributed by atoms with Crippen LogP contribution in [0.2, 0.25) is 0 Å². The Morgan fingerprint density at radius 3 is 2.56 bits per heavy atom. The molecule has 1 spiro atoms. The summed E-state index contributed by atoms with van der Waals surface area (Å²) in [5, 5.41) is 43.5. The maximum absolute atomic E-state index is 14.9. The molecule has 0 radical (unpaired) electrons. The molecule has 2 amide bonds. The van der Waals surface area contributed by atoms with Gasteiger partial charge in [0.05, 0.1) is 24.6 Å². The molecule has 12 atom stereocenters. The summed E-state index contributed by atoms with van der Waals surface area (Å²) in [6.07, 6.45) is 7.14. The van der Waals surface area contributed by atoms with Crippen molar-refractivity contribution in [1.82, 2.24) is 20.4 Å². The Kier molecular flexibility index (Phi) is 13.0. The summed E-state index contributed by atoms with van der Waals surface area (Å²) in [6, 6.07) is 11.3. The number of hydrogen-bond donors (Lipinski definition) is 5. The molecule has 1 saturated carbocycles. The number of ether oxygens (including phenoxy) is 1. The zero-order valence-corrected chi connectivity index (χ0v) is 41.3. The van der Waals surface area contributed by atoms with Crippen LogP contribution in [0.4, 0.5) is 9.88 Å². The molecule has 2 aromatic carbocycles. The molecule has 0 aromatic heterocycles. The monoisotopic (exact) mass is 957 g/mol. The molecular formula is C52H69FN5O9P. The molecule has 9 rings (SSSR count). The van der Waals surface area contributed by atoms with Crippen molar-refractivity contribution < 1.29 is 48.0 Å². The molecule has 2 saturated heterocycles. The summed E-state index contributed by atoms with van der Waals surface area (Å²) in [5.41, 5.74) is 4.63. The first-order valence-electron chi connectivity index (χ1n) is 24.7. The molecule has 7 aliphatic rings. The van der Waals surface area contributed by atoms with E-state index in [0.717, 1.165) is 62.1 Å².